The van der Waals surface area contributed by atoms with Crippen molar-refractivity contribution in [1.82, 2.24) is 9.97 Å². The Morgan fingerprint density at radius 1 is 0.484 bits per heavy atom. The monoisotopic (exact) mass is 810 g/mol. The average Bonchev–Trinajstić information content (AvgIpc) is 3.73. The molecule has 10 rings (SSSR count). The smallest absolute Gasteiger partial charge is 0.160 e. The molecule has 0 aliphatic carbocycles. The molecule has 0 bridgehead atoms. The summed E-state index contributed by atoms with van der Waals surface area (Å²) >= 11 is 1.75. The fourth-order valence-electron chi connectivity index (χ4n) is 8.56. The molecule has 0 N–H and O–H groups in total. The van der Waals surface area contributed by atoms with Crippen molar-refractivity contribution >= 4 is 42.8 Å². The summed E-state index contributed by atoms with van der Waals surface area (Å²) in [4.78, 5) is 10.5. The molecule has 0 unspecified atom stereocenters. The van der Waals surface area contributed by atoms with Crippen LogP contribution in [0.3, 0.4) is 0 Å². The Hall–Kier alpha value is -7.72. The predicted molar refractivity (Wildman–Crippen MR) is 266 cm³/mol. The highest BCUT2D eigenvalue weighted by Crippen LogP contribution is 2.49. The van der Waals surface area contributed by atoms with E-state index in [2.05, 4.69) is 214 Å². The molecule has 0 spiro atoms. The van der Waals surface area contributed by atoms with Gasteiger partial charge in [-0.05, 0) is 98.0 Å². The van der Waals surface area contributed by atoms with Gasteiger partial charge in [0.25, 0.3) is 0 Å². The van der Waals surface area contributed by atoms with Gasteiger partial charge < -0.3 is 0 Å². The van der Waals surface area contributed by atoms with E-state index in [1.165, 1.54) is 15.8 Å². The minimum absolute atomic E-state index is 0.720. The summed E-state index contributed by atoms with van der Waals surface area (Å²) in [5.41, 5.74) is 17.6. The van der Waals surface area contributed by atoms with E-state index in [0.717, 1.165) is 93.9 Å². The van der Waals surface area contributed by atoms with Gasteiger partial charge in [0.05, 0.1) is 15.9 Å². The lowest BCUT2D eigenvalue weighted by molar-refractivity contribution is 1.24. The largest absolute Gasteiger partial charge is 0.226 e. The second-order valence-electron chi connectivity index (χ2n) is 15.2. The van der Waals surface area contributed by atoms with Crippen LogP contribution in [-0.2, 0) is 0 Å². The van der Waals surface area contributed by atoms with Crippen LogP contribution in [0, 0.1) is 0 Å². The summed E-state index contributed by atoms with van der Waals surface area (Å²) < 4.78 is 2.28. The molecule has 0 aliphatic heterocycles. The van der Waals surface area contributed by atoms with E-state index in [1.807, 2.05) is 24.3 Å². The molecule has 2 aromatic heterocycles. The first kappa shape index (κ1) is 38.5. The molecule has 62 heavy (non-hydrogen) atoms. The lowest BCUT2D eigenvalue weighted by Gasteiger charge is -2.25. The standard InChI is InChI=1S/C59H42N2S/c1-3-40(47-33-22-34-48(38-47)56-58-57(49-35-20-21-36-52(49)62-58)61-59(60-56)46-31-18-9-19-32-46)37-41(4-2)50-39-51(42-23-10-5-11-24-42)54(44-27-14-7-15-28-44)55(45-29-16-8-17-30-45)53(50)43-25-12-6-13-26-43/h3-39H,2H2,1H3/b40-3+,41-37+. The molecule has 2 heterocycles. The normalized spacial score (nSPS) is 11.9. The van der Waals surface area contributed by atoms with Gasteiger partial charge in [0.2, 0.25) is 0 Å². The van der Waals surface area contributed by atoms with Crippen molar-refractivity contribution in [1.29, 1.82) is 0 Å². The summed E-state index contributed by atoms with van der Waals surface area (Å²) in [6, 6.07) is 73.1. The van der Waals surface area contributed by atoms with Crippen molar-refractivity contribution in [2.45, 2.75) is 6.92 Å². The number of benzene rings is 8. The Bertz CT molecular complexity index is 3270. The van der Waals surface area contributed by atoms with Gasteiger partial charge in [0, 0.05) is 21.2 Å². The number of hydrogen-bond acceptors (Lipinski definition) is 3. The van der Waals surface area contributed by atoms with E-state index in [0.29, 0.717) is 0 Å². The van der Waals surface area contributed by atoms with Crippen LogP contribution in [0.4, 0.5) is 0 Å². The Balaban J connectivity index is 1.20. The lowest BCUT2D eigenvalue weighted by Crippen LogP contribution is -2.00. The van der Waals surface area contributed by atoms with E-state index < -0.39 is 0 Å². The van der Waals surface area contributed by atoms with Crippen molar-refractivity contribution in [2.75, 3.05) is 0 Å². The van der Waals surface area contributed by atoms with Crippen LogP contribution in [0.5, 0.6) is 0 Å². The summed E-state index contributed by atoms with van der Waals surface area (Å²) in [6.07, 6.45) is 6.51. The van der Waals surface area contributed by atoms with Crippen LogP contribution < -0.4 is 0 Å². The minimum Gasteiger partial charge on any atom is -0.226 e. The Kier molecular flexibility index (Phi) is 10.6. The molecule has 8 aromatic carbocycles. The van der Waals surface area contributed by atoms with Crippen LogP contribution in [0.1, 0.15) is 18.1 Å². The van der Waals surface area contributed by atoms with Gasteiger partial charge in [-0.2, -0.15) is 0 Å². The van der Waals surface area contributed by atoms with Crippen molar-refractivity contribution in [3.05, 3.63) is 242 Å². The summed E-state index contributed by atoms with van der Waals surface area (Å²) in [5.74, 6) is 0.720. The van der Waals surface area contributed by atoms with E-state index in [9.17, 15) is 0 Å². The van der Waals surface area contributed by atoms with E-state index >= 15 is 0 Å². The third-order valence-corrected chi connectivity index (χ3v) is 12.6. The molecule has 0 atom stereocenters. The van der Waals surface area contributed by atoms with Crippen LogP contribution >= 0.6 is 11.3 Å². The highest BCUT2D eigenvalue weighted by atomic mass is 32.1. The van der Waals surface area contributed by atoms with Crippen molar-refractivity contribution < 1.29 is 0 Å². The molecular formula is C59H42N2S. The lowest BCUT2D eigenvalue weighted by atomic mass is 9.78. The summed E-state index contributed by atoms with van der Waals surface area (Å²) in [7, 11) is 0. The molecule has 0 amide bonds. The Labute approximate surface area is 367 Å². The van der Waals surface area contributed by atoms with Crippen molar-refractivity contribution in [2.24, 2.45) is 0 Å². The van der Waals surface area contributed by atoms with Gasteiger partial charge in [0.15, 0.2) is 5.82 Å². The highest BCUT2D eigenvalue weighted by Gasteiger charge is 2.24. The van der Waals surface area contributed by atoms with E-state index in [-0.39, 0.29) is 0 Å². The van der Waals surface area contributed by atoms with Crippen molar-refractivity contribution in [3.8, 4) is 67.2 Å². The van der Waals surface area contributed by atoms with Gasteiger partial charge in [-0.25, -0.2) is 9.97 Å². The maximum atomic E-state index is 5.29. The van der Waals surface area contributed by atoms with Crippen LogP contribution in [0.2, 0.25) is 0 Å². The van der Waals surface area contributed by atoms with Crippen molar-refractivity contribution in [3.63, 3.8) is 0 Å². The third-order valence-electron chi connectivity index (χ3n) is 11.5. The third kappa shape index (κ3) is 7.29. The molecule has 0 aliphatic rings. The topological polar surface area (TPSA) is 25.8 Å². The van der Waals surface area contributed by atoms with Gasteiger partial charge in [-0.15, -0.1) is 11.3 Å². The first-order chi connectivity index (χ1) is 30.7. The number of thiophene rings is 1. The molecular weight excluding hydrogens is 769 g/mol. The molecule has 2 nitrogen and oxygen atoms in total. The van der Waals surface area contributed by atoms with Crippen LogP contribution in [-0.4, -0.2) is 9.97 Å². The van der Waals surface area contributed by atoms with Gasteiger partial charge in [-0.3, -0.25) is 0 Å². The molecule has 0 fully saturated rings. The number of aromatic nitrogens is 2. The highest BCUT2D eigenvalue weighted by molar-refractivity contribution is 7.26. The number of nitrogens with zero attached hydrogens (tertiary/aromatic N) is 2. The Morgan fingerprint density at radius 2 is 1.02 bits per heavy atom. The fraction of sp³-hybridized carbons (Fsp3) is 0.0169. The number of hydrogen-bond donors (Lipinski definition) is 0. The SMILES string of the molecule is C=C/C(=C\C(=C/C)c1cccc(-c2nc(-c3ccccc3)nc3c2sc2ccccc23)c1)c1cc(-c2ccccc2)c(-c2ccccc2)c(-c2ccccc2)c1-c1ccccc1. The van der Waals surface area contributed by atoms with Gasteiger partial charge in [0.1, 0.15) is 0 Å². The molecule has 0 saturated heterocycles. The maximum Gasteiger partial charge on any atom is 0.160 e. The predicted octanol–water partition coefficient (Wildman–Crippen LogP) is 16.5. The molecule has 0 saturated carbocycles. The zero-order valence-electron chi connectivity index (χ0n) is 34.4. The number of fused-ring (bicyclic) bond motifs is 3. The maximum absolute atomic E-state index is 5.29. The average molecular weight is 811 g/mol. The van der Waals surface area contributed by atoms with E-state index in [4.69, 9.17) is 9.97 Å². The first-order valence-electron chi connectivity index (χ1n) is 21.0. The number of allylic oxidation sites excluding steroid dienone is 5. The fourth-order valence-corrected chi connectivity index (χ4v) is 9.71. The molecule has 3 heteroatoms. The van der Waals surface area contributed by atoms with E-state index in [1.54, 1.807) is 11.3 Å². The van der Waals surface area contributed by atoms with Gasteiger partial charge in [-0.1, -0.05) is 207 Å². The molecule has 10 aromatic rings. The summed E-state index contributed by atoms with van der Waals surface area (Å²) in [5, 5.41) is 1.15. The van der Waals surface area contributed by atoms with Gasteiger partial charge >= 0.3 is 0 Å². The molecule has 294 valence electrons. The zero-order valence-corrected chi connectivity index (χ0v) is 35.2. The van der Waals surface area contributed by atoms with Crippen LogP contribution in [0.25, 0.3) is 98.6 Å². The van der Waals surface area contributed by atoms with Crippen LogP contribution in [0.15, 0.2) is 231 Å². The second kappa shape index (κ2) is 17.1. The number of rotatable bonds is 10. The first-order valence-corrected chi connectivity index (χ1v) is 21.8. The zero-order chi connectivity index (χ0) is 41.8. The Morgan fingerprint density at radius 3 is 1.63 bits per heavy atom. The quantitative estimate of drug-likeness (QED) is 0.129. The molecule has 0 radical (unpaired) electrons. The second-order valence-corrected chi connectivity index (χ2v) is 16.3. The minimum atomic E-state index is 0.720. The summed E-state index contributed by atoms with van der Waals surface area (Å²) in [6.45, 7) is 6.60.